The van der Waals surface area contributed by atoms with E-state index in [0.29, 0.717) is 24.0 Å². The lowest BCUT2D eigenvalue weighted by molar-refractivity contribution is 0.189. The highest BCUT2D eigenvalue weighted by atomic mass is 35.5. The summed E-state index contributed by atoms with van der Waals surface area (Å²) in [7, 11) is 3.19. The molecule has 4 heterocycles. The van der Waals surface area contributed by atoms with Gasteiger partial charge < -0.3 is 25.4 Å². The quantitative estimate of drug-likeness (QED) is 0.263. The predicted molar refractivity (Wildman–Crippen MR) is 156 cm³/mol. The Hall–Kier alpha value is -3.80. The zero-order valence-electron chi connectivity index (χ0n) is 22.6. The molecule has 1 saturated heterocycles. The summed E-state index contributed by atoms with van der Waals surface area (Å²) in [6.07, 6.45) is 10.2. The number of aryl methyl sites for hydroxylation is 1. The number of hydrogen-bond donors (Lipinski definition) is 2. The van der Waals surface area contributed by atoms with Crippen molar-refractivity contribution >= 4 is 29.7 Å². The van der Waals surface area contributed by atoms with Crippen molar-refractivity contribution in [2.24, 2.45) is 5.73 Å². The minimum atomic E-state index is -0.458. The van der Waals surface area contributed by atoms with E-state index in [4.69, 9.17) is 15.2 Å². The second-order valence-electron chi connectivity index (χ2n) is 9.48. The minimum Gasteiger partial charge on any atom is -0.496 e. The van der Waals surface area contributed by atoms with Crippen LogP contribution in [0.3, 0.4) is 0 Å². The van der Waals surface area contributed by atoms with Crippen molar-refractivity contribution in [3.63, 3.8) is 0 Å². The van der Waals surface area contributed by atoms with Gasteiger partial charge in [-0.25, -0.2) is 19.3 Å². The fraction of sp³-hybridized carbons (Fsp3) is 0.357. The Morgan fingerprint density at radius 1 is 1.15 bits per heavy atom. The van der Waals surface area contributed by atoms with Gasteiger partial charge in [-0.05, 0) is 37.5 Å². The van der Waals surface area contributed by atoms with Crippen molar-refractivity contribution in [3.8, 4) is 28.3 Å². The number of nitrogens with zero attached hydrogens (tertiary/aromatic N) is 6. The number of pyridine rings is 1. The number of nitrogens with two attached hydrogens (primary N) is 1. The Balaban J connectivity index is 0.00000370. The molecule has 0 saturated carbocycles. The van der Waals surface area contributed by atoms with Crippen molar-refractivity contribution in [2.45, 2.75) is 31.8 Å². The highest BCUT2D eigenvalue weighted by Crippen LogP contribution is 2.35. The van der Waals surface area contributed by atoms with Crippen molar-refractivity contribution in [1.82, 2.24) is 24.7 Å². The van der Waals surface area contributed by atoms with Crippen LogP contribution in [0.5, 0.6) is 5.75 Å². The first kappa shape index (κ1) is 29.2. The maximum Gasteiger partial charge on any atom is 0.168 e. The molecule has 3 aromatic heterocycles. The standard InChI is InChI=1S/C28H33FN8O2.ClH/c1-38-13-5-12-37-17-19(15-33-37)21-16-32-26(14-23(21)36-11-4-6-20(30)18-36)34-25-9-10-31-28(35-25)27-22(29)7-3-8-24(27)39-2;/h3,7-10,14-17,20H,4-6,11-13,18,30H2,1-2H3,(H,31,32,34,35);1H/t20-;/m0./s1. The van der Waals surface area contributed by atoms with E-state index in [1.54, 1.807) is 31.5 Å². The van der Waals surface area contributed by atoms with E-state index in [0.717, 1.165) is 55.7 Å². The Bertz CT molecular complexity index is 1420. The van der Waals surface area contributed by atoms with E-state index in [1.807, 2.05) is 29.3 Å². The molecule has 4 aromatic rings. The highest BCUT2D eigenvalue weighted by Gasteiger charge is 2.22. The fourth-order valence-corrected chi connectivity index (χ4v) is 4.79. The van der Waals surface area contributed by atoms with Crippen molar-refractivity contribution < 1.29 is 13.9 Å². The normalized spacial score (nSPS) is 15.0. The van der Waals surface area contributed by atoms with Crippen molar-refractivity contribution in [1.29, 1.82) is 0 Å². The SMILES string of the molecule is COCCCn1cc(-c2cnc(Nc3ccnc(-c4c(F)cccc4OC)n3)cc2N2CCC[C@H](N)C2)cn1.Cl. The molecule has 0 spiro atoms. The van der Waals surface area contributed by atoms with Crippen LogP contribution in [0, 0.1) is 5.82 Å². The molecule has 5 rings (SSSR count). The summed E-state index contributed by atoms with van der Waals surface area (Å²) in [5, 5.41) is 7.79. The van der Waals surface area contributed by atoms with Crippen LogP contribution in [-0.4, -0.2) is 64.7 Å². The van der Waals surface area contributed by atoms with Gasteiger partial charge in [-0.15, -0.1) is 12.4 Å². The Kier molecular flexibility index (Phi) is 9.86. The lowest BCUT2D eigenvalue weighted by Crippen LogP contribution is -2.43. The van der Waals surface area contributed by atoms with Crippen LogP contribution in [0.1, 0.15) is 19.3 Å². The lowest BCUT2D eigenvalue weighted by Gasteiger charge is -2.34. The monoisotopic (exact) mass is 568 g/mol. The first-order chi connectivity index (χ1) is 19.1. The van der Waals surface area contributed by atoms with E-state index in [2.05, 4.69) is 30.3 Å². The minimum absolute atomic E-state index is 0. The summed E-state index contributed by atoms with van der Waals surface area (Å²) in [6.45, 7) is 3.11. The highest BCUT2D eigenvalue weighted by molar-refractivity contribution is 5.85. The van der Waals surface area contributed by atoms with Crippen LogP contribution >= 0.6 is 12.4 Å². The summed E-state index contributed by atoms with van der Waals surface area (Å²) in [4.78, 5) is 15.8. The number of aromatic nitrogens is 5. The molecule has 0 aliphatic carbocycles. The van der Waals surface area contributed by atoms with Gasteiger partial charge in [0.05, 0.1) is 18.9 Å². The van der Waals surface area contributed by atoms with E-state index in [9.17, 15) is 4.39 Å². The third-order valence-electron chi connectivity index (χ3n) is 6.69. The lowest BCUT2D eigenvalue weighted by atomic mass is 10.0. The maximum atomic E-state index is 14.6. The summed E-state index contributed by atoms with van der Waals surface area (Å²) >= 11 is 0. The van der Waals surface area contributed by atoms with Crippen LogP contribution in [0.25, 0.3) is 22.5 Å². The molecular formula is C28H34ClFN8O2. The smallest absolute Gasteiger partial charge is 0.168 e. The molecule has 0 bridgehead atoms. The number of methoxy groups -OCH3 is 2. The molecule has 10 nitrogen and oxygen atoms in total. The first-order valence-corrected chi connectivity index (χ1v) is 13.0. The largest absolute Gasteiger partial charge is 0.496 e. The Morgan fingerprint density at radius 3 is 2.83 bits per heavy atom. The molecule has 1 fully saturated rings. The number of rotatable bonds is 10. The van der Waals surface area contributed by atoms with E-state index < -0.39 is 5.82 Å². The van der Waals surface area contributed by atoms with Crippen LogP contribution in [0.15, 0.2) is 55.1 Å². The van der Waals surface area contributed by atoms with Gasteiger partial charge in [-0.3, -0.25) is 4.68 Å². The number of hydrogen-bond acceptors (Lipinski definition) is 9. The van der Waals surface area contributed by atoms with Gasteiger partial charge >= 0.3 is 0 Å². The van der Waals surface area contributed by atoms with Crippen LogP contribution in [0.4, 0.5) is 21.7 Å². The number of ether oxygens (including phenoxy) is 2. The molecule has 40 heavy (non-hydrogen) atoms. The zero-order chi connectivity index (χ0) is 27.2. The molecule has 1 atom stereocenters. The van der Waals surface area contributed by atoms with Gasteiger partial charge in [-0.1, -0.05) is 6.07 Å². The molecular weight excluding hydrogens is 535 g/mol. The summed E-state index contributed by atoms with van der Waals surface area (Å²) in [5.74, 6) is 1.21. The summed E-state index contributed by atoms with van der Waals surface area (Å²) in [6, 6.07) is 8.44. The molecule has 12 heteroatoms. The molecule has 0 unspecified atom stereocenters. The molecule has 1 aliphatic heterocycles. The molecule has 0 amide bonds. The average molecular weight is 569 g/mol. The maximum absolute atomic E-state index is 14.6. The number of benzene rings is 1. The average Bonchev–Trinajstić information content (AvgIpc) is 3.42. The molecule has 212 valence electrons. The number of nitrogens with one attached hydrogen (secondary N) is 1. The molecule has 3 N–H and O–H groups in total. The second kappa shape index (κ2) is 13.5. The van der Waals surface area contributed by atoms with E-state index in [-0.39, 0.29) is 29.8 Å². The summed E-state index contributed by atoms with van der Waals surface area (Å²) < 4.78 is 27.1. The molecule has 1 aliphatic rings. The molecule has 0 radical (unpaired) electrons. The van der Waals surface area contributed by atoms with E-state index >= 15 is 0 Å². The van der Waals surface area contributed by atoms with Gasteiger partial charge in [0, 0.05) is 80.9 Å². The Morgan fingerprint density at radius 2 is 2.02 bits per heavy atom. The van der Waals surface area contributed by atoms with Gasteiger partial charge in [0.15, 0.2) is 5.82 Å². The molecule has 1 aromatic carbocycles. The fourth-order valence-electron chi connectivity index (χ4n) is 4.79. The van der Waals surface area contributed by atoms with Gasteiger partial charge in [0.1, 0.15) is 23.2 Å². The van der Waals surface area contributed by atoms with E-state index in [1.165, 1.54) is 13.2 Å². The third kappa shape index (κ3) is 6.67. The van der Waals surface area contributed by atoms with Gasteiger partial charge in [-0.2, -0.15) is 5.10 Å². The van der Waals surface area contributed by atoms with Crippen molar-refractivity contribution in [2.75, 3.05) is 44.1 Å². The van der Waals surface area contributed by atoms with Gasteiger partial charge in [0.2, 0.25) is 0 Å². The summed E-state index contributed by atoms with van der Waals surface area (Å²) in [5.41, 5.74) is 9.52. The van der Waals surface area contributed by atoms with Crippen molar-refractivity contribution in [3.05, 3.63) is 60.9 Å². The number of halogens is 2. The third-order valence-corrected chi connectivity index (χ3v) is 6.69. The number of anilines is 3. The van der Waals surface area contributed by atoms with Crippen LogP contribution in [0.2, 0.25) is 0 Å². The Labute approximate surface area is 239 Å². The number of piperidine rings is 1. The second-order valence-corrected chi connectivity index (χ2v) is 9.48. The predicted octanol–water partition coefficient (Wildman–Crippen LogP) is 4.68. The topological polar surface area (TPSA) is 116 Å². The van der Waals surface area contributed by atoms with Crippen LogP contribution < -0.4 is 20.7 Å². The van der Waals surface area contributed by atoms with Gasteiger partial charge in [0.25, 0.3) is 0 Å². The zero-order valence-corrected chi connectivity index (χ0v) is 23.4. The van der Waals surface area contributed by atoms with Crippen LogP contribution in [-0.2, 0) is 11.3 Å². The first-order valence-electron chi connectivity index (χ1n) is 13.0.